The molecule has 24 heavy (non-hydrogen) atoms. The van der Waals surface area contributed by atoms with Crippen molar-refractivity contribution in [2.24, 2.45) is 10.9 Å². The normalized spacial score (nSPS) is 20.0. The highest BCUT2D eigenvalue weighted by atomic mass is 35.5. The summed E-state index contributed by atoms with van der Waals surface area (Å²) >= 11 is 6.03. The smallest absolute Gasteiger partial charge is 0.324 e. The Balaban J connectivity index is 1.95. The maximum atomic E-state index is 12.5. The number of imide groups is 1. The van der Waals surface area contributed by atoms with Crippen molar-refractivity contribution in [1.29, 1.82) is 0 Å². The van der Waals surface area contributed by atoms with Crippen LogP contribution in [0.2, 0.25) is 5.02 Å². The number of dihydropyridines is 1. The van der Waals surface area contributed by atoms with Gasteiger partial charge >= 0.3 is 11.9 Å². The van der Waals surface area contributed by atoms with Gasteiger partial charge in [-0.1, -0.05) is 23.7 Å². The minimum Gasteiger partial charge on any atom is -0.324 e. The van der Waals surface area contributed by atoms with Crippen LogP contribution in [0.5, 0.6) is 0 Å². The topological polar surface area (TPSA) is 81.8 Å². The monoisotopic (exact) mass is 345 g/mol. The van der Waals surface area contributed by atoms with Gasteiger partial charge in [0.25, 0.3) is 11.7 Å². The Kier molecular flexibility index (Phi) is 4.02. The standard InChI is InChI=1S/C16H13ClN4O3/c1-20-13-12(15(23)21(2)16(20)24)11(7-8-18-13)19-14(22)9-5-3-4-6-10(9)17/h3-8,12H,1-2H3/p+1. The number of allylic oxidation sites excluding steroid dienone is 1. The highest BCUT2D eigenvalue weighted by Gasteiger charge is 2.47. The largest absolute Gasteiger partial charge is 0.445 e. The van der Waals surface area contributed by atoms with Gasteiger partial charge in [-0.15, -0.1) is 4.99 Å². The molecule has 2 aliphatic rings. The summed E-state index contributed by atoms with van der Waals surface area (Å²) in [4.78, 5) is 42.0. The van der Waals surface area contributed by atoms with Gasteiger partial charge in [0.1, 0.15) is 6.21 Å². The zero-order valence-electron chi connectivity index (χ0n) is 13.0. The molecule has 0 spiro atoms. The molecule has 2 heterocycles. The van der Waals surface area contributed by atoms with E-state index in [1.54, 1.807) is 24.3 Å². The van der Waals surface area contributed by atoms with Crippen molar-refractivity contribution in [2.75, 3.05) is 14.1 Å². The van der Waals surface area contributed by atoms with Crippen LogP contribution in [0.1, 0.15) is 10.4 Å². The first kappa shape index (κ1) is 16.1. The summed E-state index contributed by atoms with van der Waals surface area (Å²) in [5, 5.41) is 3.01. The van der Waals surface area contributed by atoms with Gasteiger partial charge in [-0.3, -0.25) is 9.59 Å². The quantitative estimate of drug-likeness (QED) is 0.820. The molecule has 122 valence electrons. The third-order valence-electron chi connectivity index (χ3n) is 3.90. The van der Waals surface area contributed by atoms with Gasteiger partial charge in [0.05, 0.1) is 24.7 Å². The number of nitrogens with one attached hydrogen (secondary N) is 1. The van der Waals surface area contributed by atoms with Gasteiger partial charge in [0.2, 0.25) is 0 Å². The van der Waals surface area contributed by atoms with Crippen LogP contribution < -0.4 is 5.32 Å². The van der Waals surface area contributed by atoms with Gasteiger partial charge in [0, 0.05) is 5.70 Å². The van der Waals surface area contributed by atoms with Gasteiger partial charge < -0.3 is 5.32 Å². The summed E-state index contributed by atoms with van der Waals surface area (Å²) in [6, 6.07) is 6.14. The molecule has 1 N–H and O–H groups in total. The van der Waals surface area contributed by atoms with E-state index in [1.807, 2.05) is 0 Å². The summed E-state index contributed by atoms with van der Waals surface area (Å²) in [7, 11) is 2.92. The van der Waals surface area contributed by atoms with Crippen molar-refractivity contribution in [3.63, 3.8) is 0 Å². The number of benzene rings is 1. The molecule has 0 fully saturated rings. The number of carbonyl (C=O) groups is 3. The zero-order chi connectivity index (χ0) is 17.4. The number of hydrogen-bond acceptors (Lipinski definition) is 4. The van der Waals surface area contributed by atoms with Crippen molar-refractivity contribution in [3.05, 3.63) is 46.6 Å². The minimum absolute atomic E-state index is 0.278. The number of aliphatic imine (C=N–C) groups is 1. The first-order valence-corrected chi connectivity index (χ1v) is 7.52. The van der Waals surface area contributed by atoms with Crippen LogP contribution in [0.3, 0.4) is 0 Å². The molecule has 0 bridgehead atoms. The van der Waals surface area contributed by atoms with E-state index in [1.165, 1.54) is 31.0 Å². The molecule has 0 radical (unpaired) electrons. The van der Waals surface area contributed by atoms with E-state index in [4.69, 9.17) is 11.6 Å². The Hall–Kier alpha value is -2.80. The highest BCUT2D eigenvalue weighted by Crippen LogP contribution is 2.23. The number of amides is 4. The number of carbonyl (C=O) groups excluding carboxylic acids is 3. The Morgan fingerprint density at radius 3 is 2.75 bits per heavy atom. The van der Waals surface area contributed by atoms with E-state index in [-0.39, 0.29) is 5.84 Å². The molecule has 1 atom stereocenters. The fourth-order valence-corrected chi connectivity index (χ4v) is 2.82. The van der Waals surface area contributed by atoms with E-state index < -0.39 is 23.8 Å². The van der Waals surface area contributed by atoms with Crippen molar-refractivity contribution in [1.82, 2.24) is 10.2 Å². The predicted molar refractivity (Wildman–Crippen MR) is 88.3 cm³/mol. The fourth-order valence-electron chi connectivity index (χ4n) is 2.60. The second-order valence-corrected chi connectivity index (χ2v) is 5.77. The van der Waals surface area contributed by atoms with Crippen molar-refractivity contribution < 1.29 is 19.0 Å². The van der Waals surface area contributed by atoms with Gasteiger partial charge in [-0.05, 0) is 18.2 Å². The molecule has 8 heteroatoms. The first-order chi connectivity index (χ1) is 11.4. The molecule has 3 rings (SSSR count). The van der Waals surface area contributed by atoms with Crippen LogP contribution in [0.4, 0.5) is 4.79 Å². The zero-order valence-corrected chi connectivity index (χ0v) is 13.7. The van der Waals surface area contributed by atoms with Crippen LogP contribution in [0, 0.1) is 5.92 Å². The van der Waals surface area contributed by atoms with Gasteiger partial charge in [-0.25, -0.2) is 4.79 Å². The molecule has 0 aromatic heterocycles. The summed E-state index contributed by atoms with van der Waals surface area (Å²) in [6.45, 7) is 0. The Morgan fingerprint density at radius 2 is 2.04 bits per heavy atom. The summed E-state index contributed by atoms with van der Waals surface area (Å²) in [5.74, 6) is -1.44. The SMILES string of the molecule is CN1C(=O)C2C(NC(=O)c3ccccc3Cl)=CC=NC2=[N+](C)C1=O. The Bertz CT molecular complexity index is 857. The average Bonchev–Trinajstić information content (AvgIpc) is 2.58. The molecule has 0 saturated carbocycles. The maximum absolute atomic E-state index is 12.5. The Morgan fingerprint density at radius 1 is 1.33 bits per heavy atom. The molecule has 0 aliphatic carbocycles. The van der Waals surface area contributed by atoms with E-state index in [0.717, 1.165) is 4.90 Å². The molecular formula is C16H14ClN4O3+. The third-order valence-corrected chi connectivity index (χ3v) is 4.23. The van der Waals surface area contributed by atoms with Crippen molar-refractivity contribution >= 4 is 41.5 Å². The predicted octanol–water partition coefficient (Wildman–Crippen LogP) is 1.29. The number of amidine groups is 1. The van der Waals surface area contributed by atoms with Crippen LogP contribution in [-0.2, 0) is 4.79 Å². The summed E-state index contributed by atoms with van der Waals surface area (Å²) in [6.07, 6.45) is 2.98. The average molecular weight is 346 g/mol. The summed E-state index contributed by atoms with van der Waals surface area (Å²) in [5.41, 5.74) is 0.645. The van der Waals surface area contributed by atoms with E-state index in [9.17, 15) is 14.4 Å². The van der Waals surface area contributed by atoms with E-state index >= 15 is 0 Å². The number of fused-ring (bicyclic) bond motifs is 1. The lowest BCUT2D eigenvalue weighted by atomic mass is 9.97. The lowest BCUT2D eigenvalue weighted by molar-refractivity contribution is -0.407. The maximum Gasteiger partial charge on any atom is 0.445 e. The molecule has 1 aromatic rings. The lowest BCUT2D eigenvalue weighted by Crippen LogP contribution is -2.54. The minimum atomic E-state index is -0.839. The highest BCUT2D eigenvalue weighted by molar-refractivity contribution is 6.34. The molecule has 2 aliphatic heterocycles. The molecule has 0 saturated heterocycles. The third kappa shape index (κ3) is 2.52. The van der Waals surface area contributed by atoms with Crippen molar-refractivity contribution in [2.45, 2.75) is 0 Å². The van der Waals surface area contributed by atoms with Crippen LogP contribution in [-0.4, -0.2) is 53.5 Å². The molecule has 1 unspecified atom stereocenters. The number of urea groups is 1. The van der Waals surface area contributed by atoms with Crippen LogP contribution >= 0.6 is 11.6 Å². The second-order valence-electron chi connectivity index (χ2n) is 5.36. The Labute approximate surface area is 142 Å². The second kappa shape index (κ2) is 6.01. The number of hydrogen-bond donors (Lipinski definition) is 1. The molecule has 1 aromatic carbocycles. The molecular weight excluding hydrogens is 332 g/mol. The molecule has 4 amide bonds. The summed E-state index contributed by atoms with van der Waals surface area (Å²) < 4.78 is 1.29. The fraction of sp³-hybridized carbons (Fsp3) is 0.188. The van der Waals surface area contributed by atoms with E-state index in [2.05, 4.69) is 10.3 Å². The lowest BCUT2D eigenvalue weighted by Gasteiger charge is -2.26. The molecule has 7 nitrogen and oxygen atoms in total. The van der Waals surface area contributed by atoms with E-state index in [0.29, 0.717) is 16.3 Å². The number of rotatable bonds is 2. The number of nitrogens with zero attached hydrogens (tertiary/aromatic N) is 3. The van der Waals surface area contributed by atoms with Gasteiger partial charge in [-0.2, -0.15) is 9.48 Å². The van der Waals surface area contributed by atoms with Crippen molar-refractivity contribution in [3.8, 4) is 0 Å². The van der Waals surface area contributed by atoms with Crippen LogP contribution in [0.15, 0.2) is 41.0 Å². The van der Waals surface area contributed by atoms with Gasteiger partial charge in [0.15, 0.2) is 5.92 Å². The first-order valence-electron chi connectivity index (χ1n) is 7.14. The van der Waals surface area contributed by atoms with Crippen LogP contribution in [0.25, 0.3) is 0 Å². The number of halogens is 1.